The van der Waals surface area contributed by atoms with Crippen molar-refractivity contribution in [2.45, 2.75) is 0 Å². The number of thiocarbonyl (C=S) groups is 1. The van der Waals surface area contributed by atoms with Crippen molar-refractivity contribution in [2.24, 2.45) is 0 Å². The van der Waals surface area contributed by atoms with E-state index in [1.54, 1.807) is 17.0 Å². The first kappa shape index (κ1) is 13.2. The van der Waals surface area contributed by atoms with Crippen molar-refractivity contribution in [2.75, 3.05) is 11.9 Å². The molecule has 2 aromatic rings. The van der Waals surface area contributed by atoms with Crippen LogP contribution in [0.2, 0.25) is 0 Å². The van der Waals surface area contributed by atoms with Crippen molar-refractivity contribution in [3.8, 4) is 0 Å². The largest absolute Gasteiger partial charge is 0.322 e. The normalized spacial score (nSPS) is 9.74. The number of nitrogens with one attached hydrogen (secondary N) is 1. The average molecular weight is 270 g/mol. The van der Waals surface area contributed by atoms with Gasteiger partial charge in [0.1, 0.15) is 0 Å². The quantitative estimate of drug-likeness (QED) is 0.852. The number of anilines is 1. The van der Waals surface area contributed by atoms with Crippen LogP contribution >= 0.6 is 12.2 Å². The van der Waals surface area contributed by atoms with E-state index in [1.165, 1.54) is 0 Å². The van der Waals surface area contributed by atoms with Gasteiger partial charge in [-0.2, -0.15) is 0 Å². The molecule has 0 fully saturated rings. The zero-order valence-electron chi connectivity index (χ0n) is 10.5. The first-order valence-electron chi connectivity index (χ1n) is 5.87. The molecular formula is C15H14N2OS. The molecule has 0 saturated carbocycles. The van der Waals surface area contributed by atoms with E-state index in [-0.39, 0.29) is 5.91 Å². The fourth-order valence-electron chi connectivity index (χ4n) is 1.61. The van der Waals surface area contributed by atoms with Crippen LogP contribution in [0.4, 0.5) is 5.69 Å². The van der Waals surface area contributed by atoms with E-state index in [0.29, 0.717) is 10.7 Å². The molecule has 0 aliphatic heterocycles. The molecule has 0 spiro atoms. The number of nitrogens with zero attached hydrogens (tertiary/aromatic N) is 1. The van der Waals surface area contributed by atoms with Crippen LogP contribution in [0.1, 0.15) is 10.4 Å². The third-order valence-electron chi connectivity index (χ3n) is 2.70. The van der Waals surface area contributed by atoms with Gasteiger partial charge in [-0.3, -0.25) is 10.1 Å². The smallest absolute Gasteiger partial charge is 0.257 e. The minimum absolute atomic E-state index is 0.201. The van der Waals surface area contributed by atoms with Gasteiger partial charge in [0, 0.05) is 18.3 Å². The Balaban J connectivity index is 2.04. The van der Waals surface area contributed by atoms with Crippen LogP contribution in [-0.2, 0) is 0 Å². The summed E-state index contributed by atoms with van der Waals surface area (Å²) in [4.78, 5) is 13.7. The average Bonchev–Trinajstić information content (AvgIpc) is 2.48. The number of carbonyl (C=O) groups excluding carboxylic acids is 1. The first-order valence-corrected chi connectivity index (χ1v) is 6.28. The van der Waals surface area contributed by atoms with Gasteiger partial charge >= 0.3 is 0 Å². The van der Waals surface area contributed by atoms with Crippen molar-refractivity contribution < 1.29 is 4.79 Å². The zero-order chi connectivity index (χ0) is 13.7. The number of carbonyl (C=O) groups is 1. The van der Waals surface area contributed by atoms with Gasteiger partial charge in [-0.15, -0.1) is 0 Å². The molecule has 4 heteroatoms. The van der Waals surface area contributed by atoms with Crippen LogP contribution in [0.15, 0.2) is 60.7 Å². The Hall–Kier alpha value is -2.20. The molecule has 2 rings (SSSR count). The first-order chi connectivity index (χ1) is 9.18. The van der Waals surface area contributed by atoms with Crippen LogP contribution in [0, 0.1) is 0 Å². The SMILES string of the molecule is CN(C(=S)NC(=O)c1ccccc1)c1ccccc1. The maximum Gasteiger partial charge on any atom is 0.257 e. The standard InChI is InChI=1S/C15H14N2OS/c1-17(13-10-6-3-7-11-13)15(19)16-14(18)12-8-4-2-5-9-12/h2-11H,1H3,(H,16,18,19). The molecule has 0 heterocycles. The summed E-state index contributed by atoms with van der Waals surface area (Å²) in [5.74, 6) is -0.201. The summed E-state index contributed by atoms with van der Waals surface area (Å²) in [5.41, 5.74) is 1.52. The lowest BCUT2D eigenvalue weighted by Gasteiger charge is -2.20. The van der Waals surface area contributed by atoms with E-state index >= 15 is 0 Å². The van der Waals surface area contributed by atoms with Crippen LogP contribution in [0.25, 0.3) is 0 Å². The summed E-state index contributed by atoms with van der Waals surface area (Å²) >= 11 is 5.23. The minimum Gasteiger partial charge on any atom is -0.322 e. The minimum atomic E-state index is -0.201. The molecular weight excluding hydrogens is 256 g/mol. The highest BCUT2D eigenvalue weighted by Crippen LogP contribution is 2.11. The molecule has 0 aliphatic rings. The van der Waals surface area contributed by atoms with Gasteiger partial charge in [-0.25, -0.2) is 0 Å². The second-order valence-electron chi connectivity index (χ2n) is 4.02. The third kappa shape index (κ3) is 3.39. The molecule has 1 N–H and O–H groups in total. The van der Waals surface area contributed by atoms with Crippen molar-refractivity contribution in [3.63, 3.8) is 0 Å². The van der Waals surface area contributed by atoms with Gasteiger partial charge in [-0.05, 0) is 36.5 Å². The van der Waals surface area contributed by atoms with Gasteiger partial charge in [0.05, 0.1) is 0 Å². The lowest BCUT2D eigenvalue weighted by Crippen LogP contribution is -2.40. The van der Waals surface area contributed by atoms with Crippen LogP contribution in [0.3, 0.4) is 0 Å². The molecule has 0 unspecified atom stereocenters. The monoisotopic (exact) mass is 270 g/mol. The summed E-state index contributed by atoms with van der Waals surface area (Å²) in [5, 5.41) is 3.09. The van der Waals surface area contributed by atoms with Gasteiger partial charge in [-0.1, -0.05) is 36.4 Å². The van der Waals surface area contributed by atoms with Gasteiger partial charge in [0.25, 0.3) is 5.91 Å². The molecule has 0 aromatic heterocycles. The lowest BCUT2D eigenvalue weighted by molar-refractivity contribution is 0.0977. The molecule has 0 atom stereocenters. The molecule has 0 aliphatic carbocycles. The van der Waals surface area contributed by atoms with E-state index in [4.69, 9.17) is 12.2 Å². The van der Waals surface area contributed by atoms with Crippen LogP contribution in [0.5, 0.6) is 0 Å². The van der Waals surface area contributed by atoms with Crippen molar-refractivity contribution >= 4 is 28.9 Å². The fraction of sp³-hybridized carbons (Fsp3) is 0.0667. The Kier molecular flexibility index (Phi) is 4.26. The second kappa shape index (κ2) is 6.11. The number of hydrogen-bond donors (Lipinski definition) is 1. The highest BCUT2D eigenvalue weighted by atomic mass is 32.1. The molecule has 1 amide bonds. The number of rotatable bonds is 2. The highest BCUT2D eigenvalue weighted by Gasteiger charge is 2.11. The predicted octanol–water partition coefficient (Wildman–Crippen LogP) is 2.84. The van der Waals surface area contributed by atoms with Gasteiger partial charge < -0.3 is 4.90 Å². The molecule has 2 aromatic carbocycles. The number of hydrogen-bond acceptors (Lipinski definition) is 2. The summed E-state index contributed by atoms with van der Waals surface area (Å²) < 4.78 is 0. The molecule has 0 bridgehead atoms. The Morgan fingerprint density at radius 1 is 1.00 bits per heavy atom. The van der Waals surface area contributed by atoms with Crippen LogP contribution in [-0.4, -0.2) is 18.1 Å². The molecule has 3 nitrogen and oxygen atoms in total. The molecule has 0 saturated heterocycles. The topological polar surface area (TPSA) is 32.3 Å². The van der Waals surface area contributed by atoms with Crippen molar-refractivity contribution in [3.05, 3.63) is 66.2 Å². The lowest BCUT2D eigenvalue weighted by atomic mass is 10.2. The summed E-state index contributed by atoms with van der Waals surface area (Å²) in [6, 6.07) is 18.6. The predicted molar refractivity (Wildman–Crippen MR) is 81.4 cm³/mol. The Morgan fingerprint density at radius 3 is 2.11 bits per heavy atom. The third-order valence-corrected chi connectivity index (χ3v) is 3.08. The molecule has 96 valence electrons. The van der Waals surface area contributed by atoms with Crippen molar-refractivity contribution in [1.82, 2.24) is 5.32 Å². The number of para-hydroxylation sites is 1. The second-order valence-corrected chi connectivity index (χ2v) is 4.41. The maximum atomic E-state index is 12.0. The summed E-state index contributed by atoms with van der Waals surface area (Å²) in [6.45, 7) is 0. The summed E-state index contributed by atoms with van der Waals surface area (Å²) in [7, 11) is 1.82. The zero-order valence-corrected chi connectivity index (χ0v) is 11.4. The van der Waals surface area contributed by atoms with Crippen LogP contribution < -0.4 is 10.2 Å². The number of amides is 1. The van der Waals surface area contributed by atoms with E-state index in [0.717, 1.165) is 5.69 Å². The Bertz CT molecular complexity index is 569. The van der Waals surface area contributed by atoms with E-state index < -0.39 is 0 Å². The fourth-order valence-corrected chi connectivity index (χ4v) is 1.81. The van der Waals surface area contributed by atoms with E-state index in [9.17, 15) is 4.79 Å². The maximum absolute atomic E-state index is 12.0. The summed E-state index contributed by atoms with van der Waals surface area (Å²) in [6.07, 6.45) is 0. The Labute approximate surface area is 117 Å². The molecule has 0 radical (unpaired) electrons. The van der Waals surface area contributed by atoms with Gasteiger partial charge in [0.15, 0.2) is 5.11 Å². The van der Waals surface area contributed by atoms with E-state index in [2.05, 4.69) is 5.32 Å². The Morgan fingerprint density at radius 2 is 1.53 bits per heavy atom. The highest BCUT2D eigenvalue weighted by molar-refractivity contribution is 7.80. The molecule has 19 heavy (non-hydrogen) atoms. The van der Waals surface area contributed by atoms with E-state index in [1.807, 2.05) is 55.6 Å². The van der Waals surface area contributed by atoms with Crippen molar-refractivity contribution in [1.29, 1.82) is 0 Å². The van der Waals surface area contributed by atoms with Gasteiger partial charge in [0.2, 0.25) is 0 Å². The number of benzene rings is 2.